The van der Waals surface area contributed by atoms with Crippen LogP contribution in [0.2, 0.25) is 0 Å². The molecule has 1 N–H and O–H groups in total. The Labute approximate surface area is 108 Å². The fourth-order valence-corrected chi connectivity index (χ4v) is 2.37. The first-order valence-electron chi connectivity index (χ1n) is 6.69. The summed E-state index contributed by atoms with van der Waals surface area (Å²) in [6.45, 7) is 7.18. The van der Waals surface area contributed by atoms with E-state index in [2.05, 4.69) is 29.3 Å². The van der Waals surface area contributed by atoms with Crippen LogP contribution in [0.25, 0.3) is 0 Å². The van der Waals surface area contributed by atoms with Gasteiger partial charge in [0.05, 0.1) is 0 Å². The lowest BCUT2D eigenvalue weighted by atomic mass is 10.0. The number of hydrogen-bond acceptors (Lipinski definition) is 5. The minimum atomic E-state index is -0.352. The first-order valence-corrected chi connectivity index (χ1v) is 6.69. The van der Waals surface area contributed by atoms with Gasteiger partial charge in [0.2, 0.25) is 11.7 Å². The number of aromatic nitrogens is 2. The molecule has 1 fully saturated rings. The second kappa shape index (κ2) is 5.36. The SMILES string of the molecule is CNC(Cc1nc(C2(C)CCCO2)no1)C(C)C. The highest BCUT2D eigenvalue weighted by atomic mass is 16.5. The zero-order chi connectivity index (χ0) is 13.2. The molecule has 0 radical (unpaired) electrons. The summed E-state index contributed by atoms with van der Waals surface area (Å²) in [6.07, 6.45) is 2.79. The molecule has 5 heteroatoms. The van der Waals surface area contributed by atoms with Crippen LogP contribution in [0.4, 0.5) is 0 Å². The molecule has 0 saturated carbocycles. The van der Waals surface area contributed by atoms with Crippen molar-refractivity contribution in [1.29, 1.82) is 0 Å². The summed E-state index contributed by atoms with van der Waals surface area (Å²) in [5.74, 6) is 1.91. The Bertz CT molecular complexity index is 383. The van der Waals surface area contributed by atoms with E-state index in [0.29, 0.717) is 23.7 Å². The quantitative estimate of drug-likeness (QED) is 0.868. The van der Waals surface area contributed by atoms with E-state index in [1.807, 2.05) is 14.0 Å². The zero-order valence-electron chi connectivity index (χ0n) is 11.7. The van der Waals surface area contributed by atoms with Gasteiger partial charge in [-0.3, -0.25) is 0 Å². The van der Waals surface area contributed by atoms with E-state index in [1.165, 1.54) is 0 Å². The first-order chi connectivity index (χ1) is 8.55. The van der Waals surface area contributed by atoms with Crippen LogP contribution in [0.1, 0.15) is 45.3 Å². The summed E-state index contributed by atoms with van der Waals surface area (Å²) in [5, 5.41) is 7.36. The smallest absolute Gasteiger partial charge is 0.228 e. The van der Waals surface area contributed by atoms with Crippen LogP contribution >= 0.6 is 0 Å². The highest BCUT2D eigenvalue weighted by Crippen LogP contribution is 2.33. The molecular weight excluding hydrogens is 230 g/mol. The predicted molar refractivity (Wildman–Crippen MR) is 68.2 cm³/mol. The van der Waals surface area contributed by atoms with Crippen molar-refractivity contribution < 1.29 is 9.26 Å². The summed E-state index contributed by atoms with van der Waals surface area (Å²) in [5.41, 5.74) is -0.352. The molecule has 1 aliphatic heterocycles. The van der Waals surface area contributed by atoms with Crippen molar-refractivity contribution in [1.82, 2.24) is 15.5 Å². The van der Waals surface area contributed by atoms with Gasteiger partial charge in [-0.05, 0) is 32.7 Å². The van der Waals surface area contributed by atoms with E-state index in [-0.39, 0.29) is 5.60 Å². The molecule has 18 heavy (non-hydrogen) atoms. The molecule has 5 nitrogen and oxygen atoms in total. The lowest BCUT2D eigenvalue weighted by molar-refractivity contribution is 0.00768. The maximum absolute atomic E-state index is 5.72. The molecule has 0 amide bonds. The number of nitrogens with one attached hydrogen (secondary N) is 1. The molecule has 2 rings (SSSR count). The van der Waals surface area contributed by atoms with Crippen molar-refractivity contribution in [3.8, 4) is 0 Å². The average molecular weight is 253 g/mol. The van der Waals surface area contributed by atoms with Gasteiger partial charge < -0.3 is 14.6 Å². The Morgan fingerprint density at radius 1 is 1.44 bits per heavy atom. The summed E-state index contributed by atoms with van der Waals surface area (Å²) in [4.78, 5) is 4.49. The molecule has 1 aromatic heterocycles. The van der Waals surface area contributed by atoms with Gasteiger partial charge in [0, 0.05) is 19.1 Å². The fraction of sp³-hybridized carbons (Fsp3) is 0.846. The van der Waals surface area contributed by atoms with Crippen LogP contribution in [0.15, 0.2) is 4.52 Å². The Morgan fingerprint density at radius 2 is 2.22 bits per heavy atom. The third-order valence-electron chi connectivity index (χ3n) is 3.73. The summed E-state index contributed by atoms with van der Waals surface area (Å²) in [6, 6.07) is 0.357. The van der Waals surface area contributed by atoms with Crippen LogP contribution in [0.5, 0.6) is 0 Å². The minimum Gasteiger partial charge on any atom is -0.367 e. The number of rotatable bonds is 5. The Balaban J connectivity index is 2.06. The van der Waals surface area contributed by atoms with E-state index in [1.54, 1.807) is 0 Å². The van der Waals surface area contributed by atoms with Gasteiger partial charge in [-0.2, -0.15) is 4.98 Å². The van der Waals surface area contributed by atoms with E-state index in [4.69, 9.17) is 9.26 Å². The second-order valence-electron chi connectivity index (χ2n) is 5.54. The Hall–Kier alpha value is -0.940. The summed E-state index contributed by atoms with van der Waals surface area (Å²) < 4.78 is 11.1. The van der Waals surface area contributed by atoms with E-state index in [9.17, 15) is 0 Å². The zero-order valence-corrected chi connectivity index (χ0v) is 11.7. The minimum absolute atomic E-state index is 0.352. The fourth-order valence-electron chi connectivity index (χ4n) is 2.37. The maximum atomic E-state index is 5.72. The molecule has 2 atom stereocenters. The van der Waals surface area contributed by atoms with Gasteiger partial charge in [0.25, 0.3) is 0 Å². The van der Waals surface area contributed by atoms with Gasteiger partial charge in [-0.15, -0.1) is 0 Å². The molecular formula is C13H23N3O2. The van der Waals surface area contributed by atoms with Crippen LogP contribution < -0.4 is 5.32 Å². The topological polar surface area (TPSA) is 60.2 Å². The number of likely N-dealkylation sites (N-methyl/N-ethyl adjacent to an activating group) is 1. The Morgan fingerprint density at radius 3 is 2.78 bits per heavy atom. The van der Waals surface area contributed by atoms with Crippen LogP contribution in [-0.4, -0.2) is 29.8 Å². The van der Waals surface area contributed by atoms with Gasteiger partial charge in [-0.1, -0.05) is 19.0 Å². The van der Waals surface area contributed by atoms with Crippen molar-refractivity contribution in [2.75, 3.05) is 13.7 Å². The number of nitrogens with zero attached hydrogens (tertiary/aromatic N) is 2. The van der Waals surface area contributed by atoms with Crippen molar-refractivity contribution in [3.63, 3.8) is 0 Å². The highest BCUT2D eigenvalue weighted by molar-refractivity contribution is 5.02. The normalized spacial score (nSPS) is 25.8. The maximum Gasteiger partial charge on any atom is 0.228 e. The number of hydrogen-bond donors (Lipinski definition) is 1. The molecule has 1 saturated heterocycles. The molecule has 0 aromatic carbocycles. The van der Waals surface area contributed by atoms with Gasteiger partial charge >= 0.3 is 0 Å². The Kier molecular flexibility index (Phi) is 4.02. The summed E-state index contributed by atoms with van der Waals surface area (Å²) >= 11 is 0. The van der Waals surface area contributed by atoms with Gasteiger partial charge in [0.1, 0.15) is 5.60 Å². The molecule has 2 unspecified atom stereocenters. The number of ether oxygens (including phenoxy) is 1. The van der Waals surface area contributed by atoms with E-state index in [0.717, 1.165) is 25.9 Å². The molecule has 0 aliphatic carbocycles. The largest absolute Gasteiger partial charge is 0.367 e. The monoisotopic (exact) mass is 253 g/mol. The predicted octanol–water partition coefficient (Wildman–Crippen LogP) is 1.88. The van der Waals surface area contributed by atoms with Crippen molar-refractivity contribution in [2.45, 2.75) is 51.7 Å². The van der Waals surface area contributed by atoms with Crippen molar-refractivity contribution in [3.05, 3.63) is 11.7 Å². The van der Waals surface area contributed by atoms with E-state index >= 15 is 0 Å². The van der Waals surface area contributed by atoms with Crippen molar-refractivity contribution >= 4 is 0 Å². The van der Waals surface area contributed by atoms with Crippen LogP contribution in [0, 0.1) is 5.92 Å². The van der Waals surface area contributed by atoms with Gasteiger partial charge in [-0.25, -0.2) is 0 Å². The average Bonchev–Trinajstić information content (AvgIpc) is 2.95. The van der Waals surface area contributed by atoms with Crippen LogP contribution in [-0.2, 0) is 16.8 Å². The first kappa shape index (κ1) is 13.5. The standard InChI is InChI=1S/C13H23N3O2/c1-9(2)10(14-4)8-11-15-12(16-18-11)13(3)6-5-7-17-13/h9-10,14H,5-8H2,1-4H3. The molecule has 1 aliphatic rings. The lowest BCUT2D eigenvalue weighted by Gasteiger charge is -2.18. The third kappa shape index (κ3) is 2.72. The van der Waals surface area contributed by atoms with Crippen LogP contribution in [0.3, 0.4) is 0 Å². The third-order valence-corrected chi connectivity index (χ3v) is 3.73. The van der Waals surface area contributed by atoms with Crippen molar-refractivity contribution in [2.24, 2.45) is 5.92 Å². The molecule has 2 heterocycles. The molecule has 102 valence electrons. The molecule has 1 aromatic rings. The van der Waals surface area contributed by atoms with E-state index < -0.39 is 0 Å². The summed E-state index contributed by atoms with van der Waals surface area (Å²) in [7, 11) is 1.96. The highest BCUT2D eigenvalue weighted by Gasteiger charge is 2.36. The lowest BCUT2D eigenvalue weighted by Crippen LogP contribution is -2.32. The second-order valence-corrected chi connectivity index (χ2v) is 5.54. The molecule has 0 bridgehead atoms. The van der Waals surface area contributed by atoms with Gasteiger partial charge in [0.15, 0.2) is 0 Å². The molecule has 0 spiro atoms.